The number of H-pyrrole nitrogens is 1. The van der Waals surface area contributed by atoms with E-state index in [1.54, 1.807) is 24.3 Å². The summed E-state index contributed by atoms with van der Waals surface area (Å²) in [5, 5.41) is 11.6. The molecule has 0 radical (unpaired) electrons. The van der Waals surface area contributed by atoms with E-state index >= 15 is 0 Å². The molecule has 2 saturated heterocycles. The Morgan fingerprint density at radius 2 is 1.94 bits per heavy atom. The van der Waals surface area contributed by atoms with Crippen molar-refractivity contribution >= 4 is 50.9 Å². The number of amides is 1. The lowest BCUT2D eigenvalue weighted by molar-refractivity contribution is -0.0590. The van der Waals surface area contributed by atoms with Crippen LogP contribution in [0.5, 0.6) is 5.88 Å². The minimum Gasteiger partial charge on any atom is -0.473 e. The number of hydrogen-bond acceptors (Lipinski definition) is 7. The van der Waals surface area contributed by atoms with Crippen LogP contribution in [-0.2, 0) is 17.9 Å². The second-order valence-corrected chi connectivity index (χ2v) is 14.5. The fourth-order valence-electron chi connectivity index (χ4n) is 7.70. The van der Waals surface area contributed by atoms with Crippen molar-refractivity contribution in [2.45, 2.75) is 57.8 Å². The highest BCUT2D eigenvalue weighted by Gasteiger charge is 2.57. The van der Waals surface area contributed by atoms with Crippen molar-refractivity contribution in [2.24, 2.45) is 5.41 Å². The first-order valence-electron chi connectivity index (χ1n) is 17.5. The van der Waals surface area contributed by atoms with Crippen LogP contribution in [-0.4, -0.2) is 56.4 Å². The molecule has 0 bridgehead atoms. The Morgan fingerprint density at radius 3 is 2.75 bits per heavy atom. The average molecular weight is 706 g/mol. The standard InChI is InChI=1S/C39H37ClFN7O3/c1-23-29-17-24(6-9-32(29)46-45-23)38(49)42-27-8-10-34-33(19-27)43-37(48(34)21-28-11-16-50-28)30-20-39(30)12-14-47(15-13-39)35-3-2-4-36(44-35)51-22-25-5-7-26(40)18-31(25)41/h2-10,17-19,28,30H,11-16,20-22H2,1H3,(H,42,49)(H,45,46)/t28-,30?/m0/s1. The van der Waals surface area contributed by atoms with E-state index in [1.807, 2.05) is 43.3 Å². The molecule has 2 N–H and O–H groups in total. The second-order valence-electron chi connectivity index (χ2n) is 14.1. The first-order valence-corrected chi connectivity index (χ1v) is 17.9. The molecule has 10 nitrogen and oxygen atoms in total. The van der Waals surface area contributed by atoms with E-state index in [9.17, 15) is 9.18 Å². The smallest absolute Gasteiger partial charge is 0.255 e. The van der Waals surface area contributed by atoms with Crippen molar-refractivity contribution in [1.82, 2.24) is 24.7 Å². The number of nitrogens with zero attached hydrogens (tertiary/aromatic N) is 5. The van der Waals surface area contributed by atoms with Crippen LogP contribution in [0.2, 0.25) is 5.02 Å². The molecule has 1 spiro atoms. The molecule has 6 aromatic rings. The zero-order chi connectivity index (χ0) is 34.7. The summed E-state index contributed by atoms with van der Waals surface area (Å²) in [6.07, 6.45) is 4.40. The third-order valence-corrected chi connectivity index (χ3v) is 11.1. The molecule has 51 heavy (non-hydrogen) atoms. The molecule has 12 heteroatoms. The van der Waals surface area contributed by atoms with E-state index in [0.717, 1.165) is 91.2 Å². The Balaban J connectivity index is 0.898. The Hall–Kier alpha value is -5.00. The lowest BCUT2D eigenvalue weighted by Crippen LogP contribution is -2.36. The second kappa shape index (κ2) is 12.6. The van der Waals surface area contributed by atoms with Crippen LogP contribution in [0.25, 0.3) is 21.9 Å². The van der Waals surface area contributed by atoms with Gasteiger partial charge >= 0.3 is 0 Å². The number of rotatable bonds is 9. The molecule has 3 aliphatic rings. The number of aryl methyl sites for hydroxylation is 1. The van der Waals surface area contributed by atoms with Crippen molar-refractivity contribution in [2.75, 3.05) is 29.9 Å². The van der Waals surface area contributed by atoms with Gasteiger partial charge in [0.1, 0.15) is 24.1 Å². The molecule has 5 heterocycles. The van der Waals surface area contributed by atoms with Gasteiger partial charge in [0.15, 0.2) is 0 Å². The largest absolute Gasteiger partial charge is 0.473 e. The monoisotopic (exact) mass is 705 g/mol. The molecule has 2 atom stereocenters. The Bertz CT molecular complexity index is 2290. The fraction of sp³-hybridized carbons (Fsp3) is 0.333. The number of ether oxygens (including phenoxy) is 2. The van der Waals surface area contributed by atoms with Gasteiger partial charge in [-0.3, -0.25) is 9.89 Å². The van der Waals surface area contributed by atoms with Gasteiger partial charge in [-0.15, -0.1) is 0 Å². The molecule has 3 aromatic heterocycles. The van der Waals surface area contributed by atoms with Gasteiger partial charge in [-0.05, 0) is 92.6 Å². The van der Waals surface area contributed by atoms with Crippen molar-refractivity contribution in [3.05, 3.63) is 106 Å². The molecule has 9 rings (SSSR count). The highest BCUT2D eigenvalue weighted by atomic mass is 35.5. The van der Waals surface area contributed by atoms with Crippen LogP contribution < -0.4 is 15.0 Å². The van der Waals surface area contributed by atoms with Crippen LogP contribution in [0, 0.1) is 18.2 Å². The molecule has 1 amide bonds. The van der Waals surface area contributed by atoms with Gasteiger partial charge in [0.25, 0.3) is 5.91 Å². The van der Waals surface area contributed by atoms with Crippen LogP contribution in [0.1, 0.15) is 59.0 Å². The summed E-state index contributed by atoms with van der Waals surface area (Å²) in [5.41, 5.74) is 5.62. The summed E-state index contributed by atoms with van der Waals surface area (Å²) in [7, 11) is 0. The number of fused-ring (bicyclic) bond motifs is 2. The number of hydrogen-bond donors (Lipinski definition) is 2. The van der Waals surface area contributed by atoms with Crippen LogP contribution in [0.15, 0.2) is 72.8 Å². The number of imidazole rings is 1. The molecule has 2 aliphatic heterocycles. The van der Waals surface area contributed by atoms with Crippen molar-refractivity contribution in [3.63, 3.8) is 0 Å². The number of aromatic amines is 1. The third-order valence-electron chi connectivity index (χ3n) is 10.9. The van der Waals surface area contributed by atoms with E-state index in [4.69, 9.17) is 31.0 Å². The average Bonchev–Trinajstić information content (AvgIpc) is 3.48. The number of pyridine rings is 1. The van der Waals surface area contributed by atoms with Crippen LogP contribution >= 0.6 is 11.6 Å². The van der Waals surface area contributed by atoms with E-state index in [0.29, 0.717) is 33.6 Å². The van der Waals surface area contributed by atoms with Gasteiger partial charge in [-0.25, -0.2) is 9.37 Å². The number of anilines is 2. The molecule has 1 aliphatic carbocycles. The zero-order valence-corrected chi connectivity index (χ0v) is 28.9. The lowest BCUT2D eigenvalue weighted by atomic mass is 9.90. The van der Waals surface area contributed by atoms with E-state index < -0.39 is 5.82 Å². The minimum absolute atomic E-state index is 0.0764. The zero-order valence-electron chi connectivity index (χ0n) is 28.2. The number of nitrogens with one attached hydrogen (secondary N) is 2. The summed E-state index contributed by atoms with van der Waals surface area (Å²) in [6.45, 7) is 5.36. The predicted octanol–water partition coefficient (Wildman–Crippen LogP) is 7.80. The van der Waals surface area contributed by atoms with E-state index in [-0.39, 0.29) is 24.0 Å². The summed E-state index contributed by atoms with van der Waals surface area (Å²) >= 11 is 5.89. The van der Waals surface area contributed by atoms with Gasteiger partial charge < -0.3 is 24.3 Å². The Labute approximate surface area is 298 Å². The maximum absolute atomic E-state index is 14.3. The number of aromatic nitrogens is 5. The number of benzene rings is 3. The van der Waals surface area contributed by atoms with E-state index in [1.165, 1.54) is 6.07 Å². The first kappa shape index (κ1) is 31.9. The Kier molecular flexibility index (Phi) is 7.92. The normalized spacial score (nSPS) is 19.4. The summed E-state index contributed by atoms with van der Waals surface area (Å²) in [6, 6.07) is 21.9. The predicted molar refractivity (Wildman–Crippen MR) is 194 cm³/mol. The molecule has 1 saturated carbocycles. The van der Waals surface area contributed by atoms with Crippen LogP contribution in [0.4, 0.5) is 15.9 Å². The summed E-state index contributed by atoms with van der Waals surface area (Å²) in [5.74, 6) is 2.22. The summed E-state index contributed by atoms with van der Waals surface area (Å²) < 4.78 is 28.4. The van der Waals surface area contributed by atoms with Gasteiger partial charge in [-0.1, -0.05) is 23.7 Å². The number of piperidine rings is 1. The first-order chi connectivity index (χ1) is 24.8. The number of halogens is 2. The van der Waals surface area contributed by atoms with Gasteiger partial charge in [0.2, 0.25) is 5.88 Å². The third kappa shape index (κ3) is 6.08. The molecular formula is C39H37ClFN7O3. The lowest BCUT2D eigenvalue weighted by Gasteiger charge is -2.34. The SMILES string of the molecule is Cc1[nH]nc2ccc(C(=O)Nc3ccc4c(c3)nc(C3CC35CCN(c3cccc(OCc6ccc(Cl)cc6F)n3)CC5)n4C[C@@H]3CCO3)cc12. The highest BCUT2D eigenvalue weighted by Crippen LogP contribution is 2.65. The molecular weight excluding hydrogens is 669 g/mol. The number of carbonyl (C=O) groups excluding carboxylic acids is 1. The van der Waals surface area contributed by atoms with Crippen molar-refractivity contribution in [1.29, 1.82) is 0 Å². The maximum Gasteiger partial charge on any atom is 0.255 e. The van der Waals surface area contributed by atoms with Crippen LogP contribution in [0.3, 0.4) is 0 Å². The van der Waals surface area contributed by atoms with Gasteiger partial charge in [-0.2, -0.15) is 10.1 Å². The quantitative estimate of drug-likeness (QED) is 0.158. The molecule has 3 aromatic carbocycles. The fourth-order valence-corrected chi connectivity index (χ4v) is 7.86. The maximum atomic E-state index is 14.3. The van der Waals surface area contributed by atoms with Crippen molar-refractivity contribution < 1.29 is 18.7 Å². The van der Waals surface area contributed by atoms with Gasteiger partial charge in [0, 0.05) is 64.6 Å². The molecule has 260 valence electrons. The van der Waals surface area contributed by atoms with E-state index in [2.05, 4.69) is 31.0 Å². The van der Waals surface area contributed by atoms with Crippen molar-refractivity contribution in [3.8, 4) is 5.88 Å². The highest BCUT2D eigenvalue weighted by molar-refractivity contribution is 6.30. The topological polar surface area (TPSA) is 110 Å². The Morgan fingerprint density at radius 1 is 1.08 bits per heavy atom. The summed E-state index contributed by atoms with van der Waals surface area (Å²) in [4.78, 5) is 25.5. The molecule has 1 unspecified atom stereocenters. The molecule has 3 fully saturated rings. The number of carbonyl (C=O) groups is 1. The minimum atomic E-state index is -0.394. The van der Waals surface area contributed by atoms with Gasteiger partial charge in [0.05, 0.1) is 29.2 Å².